The number of hydrogen-bond donors (Lipinski definition) is 1. The molecule has 0 saturated carbocycles. The second kappa shape index (κ2) is 6.04. The van der Waals surface area contributed by atoms with Crippen LogP contribution >= 0.6 is 11.3 Å². The summed E-state index contributed by atoms with van der Waals surface area (Å²) in [5, 5.41) is 4.69. The number of hydrogen-bond acceptors (Lipinski definition) is 5. The van der Waals surface area contributed by atoms with Gasteiger partial charge in [-0.05, 0) is 13.1 Å². The van der Waals surface area contributed by atoms with Crippen LogP contribution in [0.1, 0.15) is 10.7 Å². The molecule has 0 fully saturated rings. The van der Waals surface area contributed by atoms with Gasteiger partial charge >= 0.3 is 0 Å². The lowest BCUT2D eigenvalue weighted by atomic mass is 10.5. The van der Waals surface area contributed by atoms with Crippen molar-refractivity contribution in [3.63, 3.8) is 0 Å². The number of aryl methyl sites for hydroxylation is 1. The third kappa shape index (κ3) is 3.09. The van der Waals surface area contributed by atoms with Crippen LogP contribution in [0.3, 0.4) is 0 Å². The van der Waals surface area contributed by atoms with E-state index in [1.54, 1.807) is 30.9 Å². The predicted molar refractivity (Wildman–Crippen MR) is 78.9 cm³/mol. The molecule has 20 heavy (non-hydrogen) atoms. The Kier molecular flexibility index (Phi) is 4.59. The minimum absolute atomic E-state index is 0.253. The molecule has 0 atom stereocenters. The SMILES string of the molecule is CNCc1cc(S(=O)(=O)N(C)Cc2nccn2C)cs1. The van der Waals surface area contributed by atoms with Crippen LogP contribution in [0.15, 0.2) is 28.7 Å². The molecule has 0 unspecified atom stereocenters. The standard InChI is InChI=1S/C12H18N4O2S2/c1-13-7-10-6-11(9-19-10)20(17,18)16(3)8-12-14-4-5-15(12)2/h4-6,9,13H,7-8H2,1-3H3. The number of nitrogens with zero attached hydrogens (tertiary/aromatic N) is 3. The summed E-state index contributed by atoms with van der Waals surface area (Å²) in [7, 11) is 1.78. The first-order valence-electron chi connectivity index (χ1n) is 6.09. The Labute approximate surface area is 123 Å². The van der Waals surface area contributed by atoms with Gasteiger partial charge in [-0.1, -0.05) is 0 Å². The fourth-order valence-electron chi connectivity index (χ4n) is 1.78. The first-order chi connectivity index (χ1) is 9.45. The van der Waals surface area contributed by atoms with E-state index in [4.69, 9.17) is 0 Å². The highest BCUT2D eigenvalue weighted by atomic mass is 32.2. The molecule has 2 heterocycles. The molecule has 0 aliphatic carbocycles. The van der Waals surface area contributed by atoms with Crippen molar-refractivity contribution in [3.8, 4) is 0 Å². The Morgan fingerprint density at radius 1 is 1.50 bits per heavy atom. The van der Waals surface area contributed by atoms with Gasteiger partial charge in [0.15, 0.2) is 0 Å². The van der Waals surface area contributed by atoms with Crippen molar-refractivity contribution < 1.29 is 8.42 Å². The molecule has 110 valence electrons. The third-order valence-electron chi connectivity index (χ3n) is 2.97. The molecule has 0 spiro atoms. The second-order valence-electron chi connectivity index (χ2n) is 4.49. The van der Waals surface area contributed by atoms with Crippen LogP contribution in [0, 0.1) is 0 Å². The minimum Gasteiger partial charge on any atom is -0.337 e. The molecule has 1 N–H and O–H groups in total. The van der Waals surface area contributed by atoms with Crippen molar-refractivity contribution in [3.05, 3.63) is 34.5 Å². The maximum Gasteiger partial charge on any atom is 0.244 e. The number of sulfonamides is 1. The topological polar surface area (TPSA) is 67.2 Å². The van der Waals surface area contributed by atoms with Gasteiger partial charge in [0.1, 0.15) is 5.82 Å². The molecule has 2 aromatic heterocycles. The summed E-state index contributed by atoms with van der Waals surface area (Å²) in [6.45, 7) is 0.923. The largest absolute Gasteiger partial charge is 0.337 e. The fourth-order valence-corrected chi connectivity index (χ4v) is 4.18. The highest BCUT2D eigenvalue weighted by molar-refractivity contribution is 7.89. The third-order valence-corrected chi connectivity index (χ3v) is 5.84. The van der Waals surface area contributed by atoms with Crippen molar-refractivity contribution in [1.82, 2.24) is 19.2 Å². The van der Waals surface area contributed by atoms with E-state index in [0.29, 0.717) is 17.3 Å². The van der Waals surface area contributed by atoms with Crippen molar-refractivity contribution in [2.45, 2.75) is 18.0 Å². The molecule has 2 rings (SSSR count). The lowest BCUT2D eigenvalue weighted by molar-refractivity contribution is 0.451. The van der Waals surface area contributed by atoms with Crippen LogP contribution in [-0.4, -0.2) is 36.4 Å². The van der Waals surface area contributed by atoms with Crippen molar-refractivity contribution in [2.24, 2.45) is 7.05 Å². The fraction of sp³-hybridized carbons (Fsp3) is 0.417. The number of nitrogens with one attached hydrogen (secondary N) is 1. The highest BCUT2D eigenvalue weighted by Gasteiger charge is 2.23. The molecular weight excluding hydrogens is 296 g/mol. The summed E-state index contributed by atoms with van der Waals surface area (Å²) < 4.78 is 28.1. The summed E-state index contributed by atoms with van der Waals surface area (Å²) in [6.07, 6.45) is 3.46. The van der Waals surface area contributed by atoms with E-state index in [-0.39, 0.29) is 6.54 Å². The quantitative estimate of drug-likeness (QED) is 0.864. The average Bonchev–Trinajstić information content (AvgIpc) is 3.00. The zero-order chi connectivity index (χ0) is 14.8. The molecule has 0 radical (unpaired) electrons. The monoisotopic (exact) mass is 314 g/mol. The number of thiophene rings is 1. The molecule has 6 nitrogen and oxygen atoms in total. The molecule has 0 amide bonds. The molecule has 0 aromatic carbocycles. The maximum atomic E-state index is 12.5. The van der Waals surface area contributed by atoms with E-state index < -0.39 is 10.0 Å². The van der Waals surface area contributed by atoms with Crippen LogP contribution in [-0.2, 0) is 30.2 Å². The van der Waals surface area contributed by atoms with E-state index in [0.717, 1.165) is 4.88 Å². The van der Waals surface area contributed by atoms with Gasteiger partial charge in [0.25, 0.3) is 0 Å². The first kappa shape index (κ1) is 15.2. The molecule has 0 aliphatic rings. The normalized spacial score (nSPS) is 12.2. The van der Waals surface area contributed by atoms with E-state index in [1.807, 2.05) is 18.7 Å². The predicted octanol–water partition coefficient (Wildman–Crippen LogP) is 1.02. The zero-order valence-electron chi connectivity index (χ0n) is 11.7. The van der Waals surface area contributed by atoms with E-state index in [9.17, 15) is 8.42 Å². The van der Waals surface area contributed by atoms with Crippen LogP contribution in [0.4, 0.5) is 0 Å². The second-order valence-corrected chi connectivity index (χ2v) is 7.54. The van der Waals surface area contributed by atoms with Crippen LogP contribution in [0.5, 0.6) is 0 Å². The number of aromatic nitrogens is 2. The molecular formula is C12H18N4O2S2. The molecule has 0 aliphatic heterocycles. The average molecular weight is 314 g/mol. The van der Waals surface area contributed by atoms with Crippen molar-refractivity contribution >= 4 is 21.4 Å². The summed E-state index contributed by atoms with van der Waals surface area (Å²) in [5.41, 5.74) is 0. The minimum atomic E-state index is -3.47. The van der Waals surface area contributed by atoms with Gasteiger partial charge in [-0.2, -0.15) is 4.31 Å². The Morgan fingerprint density at radius 3 is 2.85 bits per heavy atom. The van der Waals surface area contributed by atoms with Gasteiger partial charge in [-0.25, -0.2) is 13.4 Å². The summed E-state index contributed by atoms with van der Waals surface area (Å²) in [5.74, 6) is 0.710. The summed E-state index contributed by atoms with van der Waals surface area (Å²) >= 11 is 1.44. The first-order valence-corrected chi connectivity index (χ1v) is 8.41. The zero-order valence-corrected chi connectivity index (χ0v) is 13.3. The van der Waals surface area contributed by atoms with Crippen LogP contribution in [0.25, 0.3) is 0 Å². The Bertz CT molecular complexity index is 675. The molecule has 0 saturated heterocycles. The summed E-state index contributed by atoms with van der Waals surface area (Å²) in [6, 6.07) is 1.71. The van der Waals surface area contributed by atoms with Gasteiger partial charge in [0.05, 0.1) is 11.4 Å². The Hall–Kier alpha value is -1.22. The van der Waals surface area contributed by atoms with E-state index >= 15 is 0 Å². The van der Waals surface area contributed by atoms with Gasteiger partial charge in [0, 0.05) is 43.3 Å². The molecule has 0 bridgehead atoms. The van der Waals surface area contributed by atoms with Gasteiger partial charge < -0.3 is 9.88 Å². The molecule has 8 heteroatoms. The summed E-state index contributed by atoms with van der Waals surface area (Å²) in [4.78, 5) is 5.48. The lowest BCUT2D eigenvalue weighted by Gasteiger charge is -2.15. The highest BCUT2D eigenvalue weighted by Crippen LogP contribution is 2.22. The van der Waals surface area contributed by atoms with Crippen LogP contribution < -0.4 is 5.32 Å². The Balaban J connectivity index is 2.18. The van der Waals surface area contributed by atoms with Gasteiger partial charge in [-0.15, -0.1) is 11.3 Å². The maximum absolute atomic E-state index is 12.5. The van der Waals surface area contributed by atoms with Gasteiger partial charge in [-0.3, -0.25) is 0 Å². The number of rotatable bonds is 6. The lowest BCUT2D eigenvalue weighted by Crippen LogP contribution is -2.27. The molecule has 2 aromatic rings. The van der Waals surface area contributed by atoms with E-state index in [2.05, 4.69) is 10.3 Å². The van der Waals surface area contributed by atoms with Crippen LogP contribution in [0.2, 0.25) is 0 Å². The smallest absolute Gasteiger partial charge is 0.244 e. The number of imidazole rings is 1. The van der Waals surface area contributed by atoms with Gasteiger partial charge in [0.2, 0.25) is 10.0 Å². The Morgan fingerprint density at radius 2 is 2.25 bits per heavy atom. The van der Waals surface area contributed by atoms with E-state index in [1.165, 1.54) is 15.6 Å². The van der Waals surface area contributed by atoms with Crippen molar-refractivity contribution in [1.29, 1.82) is 0 Å². The van der Waals surface area contributed by atoms with Crippen molar-refractivity contribution in [2.75, 3.05) is 14.1 Å².